The van der Waals surface area contributed by atoms with E-state index >= 15 is 0 Å². The van der Waals surface area contributed by atoms with Crippen LogP contribution in [-0.4, -0.2) is 24.4 Å². The van der Waals surface area contributed by atoms with E-state index in [0.717, 1.165) is 5.39 Å². The number of nitrogens with one attached hydrogen (secondary N) is 2. The largest absolute Gasteiger partial charge is 0.506 e. The molecule has 1 aromatic heterocycles. The molecule has 0 aliphatic carbocycles. The Bertz CT molecular complexity index is 1410. The number of aromatic hydroxyl groups is 1. The van der Waals surface area contributed by atoms with Crippen LogP contribution < -0.4 is 10.0 Å². The summed E-state index contributed by atoms with van der Waals surface area (Å²) in [5.41, 5.74) is 0.991. The molecular formula is C22H16ClN3O4S. The van der Waals surface area contributed by atoms with Gasteiger partial charge in [0.05, 0.1) is 21.8 Å². The first-order valence-corrected chi connectivity index (χ1v) is 11.0. The van der Waals surface area contributed by atoms with Gasteiger partial charge in [-0.3, -0.25) is 9.52 Å². The van der Waals surface area contributed by atoms with Crippen molar-refractivity contribution in [3.63, 3.8) is 0 Å². The van der Waals surface area contributed by atoms with E-state index in [1.165, 1.54) is 24.3 Å². The topological polar surface area (TPSA) is 108 Å². The number of anilines is 2. The molecule has 9 heteroatoms. The third-order valence-corrected chi connectivity index (χ3v) is 6.05. The number of carbonyl (C=O) groups is 1. The van der Waals surface area contributed by atoms with Crippen LogP contribution in [0.3, 0.4) is 0 Å². The lowest BCUT2D eigenvalue weighted by Gasteiger charge is -2.12. The van der Waals surface area contributed by atoms with Crippen molar-refractivity contribution in [1.29, 1.82) is 0 Å². The van der Waals surface area contributed by atoms with Gasteiger partial charge in [0.15, 0.2) is 0 Å². The lowest BCUT2D eigenvalue weighted by atomic mass is 10.2. The summed E-state index contributed by atoms with van der Waals surface area (Å²) < 4.78 is 27.8. The Morgan fingerprint density at radius 3 is 2.55 bits per heavy atom. The van der Waals surface area contributed by atoms with Crippen molar-refractivity contribution in [2.24, 2.45) is 0 Å². The minimum atomic E-state index is -3.99. The van der Waals surface area contributed by atoms with Gasteiger partial charge < -0.3 is 10.4 Å². The number of hydrogen-bond acceptors (Lipinski definition) is 5. The lowest BCUT2D eigenvalue weighted by Crippen LogP contribution is -2.16. The first-order chi connectivity index (χ1) is 14.8. The standard InChI is InChI=1S/C22H16ClN3O4S/c23-15-5-3-6-16(12-15)26-31(29,30)17-9-11-21(27)20(13-17)25-22(28)19-10-8-14-4-1-2-7-18(14)24-19/h1-13,26-27H,(H,25,28). The molecule has 0 aliphatic heterocycles. The van der Waals surface area contributed by atoms with Crippen molar-refractivity contribution in [2.75, 3.05) is 10.0 Å². The van der Waals surface area contributed by atoms with Crippen molar-refractivity contribution >= 4 is 49.8 Å². The Morgan fingerprint density at radius 2 is 1.74 bits per heavy atom. The number of carbonyl (C=O) groups excluding carboxylic acids is 1. The molecule has 156 valence electrons. The van der Waals surface area contributed by atoms with Crippen molar-refractivity contribution in [3.8, 4) is 5.75 Å². The zero-order chi connectivity index (χ0) is 22.0. The summed E-state index contributed by atoms with van der Waals surface area (Å²) >= 11 is 5.90. The molecule has 1 amide bonds. The zero-order valence-corrected chi connectivity index (χ0v) is 17.5. The average Bonchev–Trinajstić information content (AvgIpc) is 2.74. The van der Waals surface area contributed by atoms with E-state index in [-0.39, 0.29) is 27.7 Å². The summed E-state index contributed by atoms with van der Waals surface area (Å²) in [5, 5.41) is 13.9. The fourth-order valence-electron chi connectivity index (χ4n) is 2.93. The molecule has 0 spiro atoms. The van der Waals surface area contributed by atoms with Crippen LogP contribution in [0.25, 0.3) is 10.9 Å². The van der Waals surface area contributed by atoms with Crippen molar-refractivity contribution in [2.45, 2.75) is 4.90 Å². The predicted molar refractivity (Wildman–Crippen MR) is 120 cm³/mol. The highest BCUT2D eigenvalue weighted by Crippen LogP contribution is 2.28. The van der Waals surface area contributed by atoms with Crippen LogP contribution in [0.5, 0.6) is 5.75 Å². The molecule has 3 N–H and O–H groups in total. The molecule has 0 atom stereocenters. The van der Waals surface area contributed by atoms with Crippen LogP contribution in [0.2, 0.25) is 5.02 Å². The molecule has 0 aliphatic rings. The molecule has 4 aromatic rings. The van der Waals surface area contributed by atoms with Crippen molar-refractivity contribution in [3.05, 3.63) is 89.6 Å². The van der Waals surface area contributed by atoms with Gasteiger partial charge in [-0.05, 0) is 48.5 Å². The fraction of sp³-hybridized carbons (Fsp3) is 0. The van der Waals surface area contributed by atoms with Crippen LogP contribution in [-0.2, 0) is 10.0 Å². The number of benzene rings is 3. The minimum absolute atomic E-state index is 0.0612. The number of para-hydroxylation sites is 1. The van der Waals surface area contributed by atoms with Crippen molar-refractivity contribution < 1.29 is 18.3 Å². The van der Waals surface area contributed by atoms with Crippen LogP contribution in [0.15, 0.2) is 83.8 Å². The molecule has 31 heavy (non-hydrogen) atoms. The van der Waals surface area contributed by atoms with Crippen LogP contribution in [0, 0.1) is 0 Å². The van der Waals surface area contributed by atoms with E-state index in [0.29, 0.717) is 10.5 Å². The Morgan fingerprint density at radius 1 is 0.935 bits per heavy atom. The van der Waals surface area contributed by atoms with Gasteiger partial charge in [0.2, 0.25) is 0 Å². The normalized spacial score (nSPS) is 11.3. The Balaban J connectivity index is 1.60. The van der Waals surface area contributed by atoms with Crippen molar-refractivity contribution in [1.82, 2.24) is 4.98 Å². The quantitative estimate of drug-likeness (QED) is 0.381. The van der Waals surface area contributed by atoms with Gasteiger partial charge in [-0.15, -0.1) is 0 Å². The number of amides is 1. The second-order valence-corrected chi connectivity index (χ2v) is 8.76. The number of aromatic nitrogens is 1. The van der Waals surface area contributed by atoms with Crippen LogP contribution in [0.4, 0.5) is 11.4 Å². The molecule has 1 heterocycles. The number of fused-ring (bicyclic) bond motifs is 1. The summed E-state index contributed by atoms with van der Waals surface area (Å²) in [4.78, 5) is 16.8. The molecule has 0 unspecified atom stereocenters. The van der Waals surface area contributed by atoms with Crippen LogP contribution in [0.1, 0.15) is 10.5 Å². The first-order valence-electron chi connectivity index (χ1n) is 9.10. The van der Waals surface area contributed by atoms with E-state index in [2.05, 4.69) is 15.0 Å². The summed E-state index contributed by atoms with van der Waals surface area (Å²) in [7, 11) is -3.99. The van der Waals surface area contributed by atoms with Gasteiger partial charge in [0, 0.05) is 10.4 Å². The molecule has 0 fully saturated rings. The first kappa shape index (κ1) is 20.6. The van der Waals surface area contributed by atoms with Gasteiger partial charge >= 0.3 is 0 Å². The van der Waals surface area contributed by atoms with E-state index < -0.39 is 15.9 Å². The second kappa shape index (κ2) is 8.25. The monoisotopic (exact) mass is 453 g/mol. The number of phenolic OH excluding ortho intramolecular Hbond substituents is 1. The second-order valence-electron chi connectivity index (χ2n) is 6.64. The summed E-state index contributed by atoms with van der Waals surface area (Å²) in [6, 6.07) is 20.5. The van der Waals surface area contributed by atoms with Crippen LogP contribution >= 0.6 is 11.6 Å². The van der Waals surface area contributed by atoms with Gasteiger partial charge in [-0.2, -0.15) is 0 Å². The number of rotatable bonds is 5. The van der Waals surface area contributed by atoms with Gasteiger partial charge in [0.1, 0.15) is 11.4 Å². The maximum absolute atomic E-state index is 12.7. The number of hydrogen-bond donors (Lipinski definition) is 3. The highest BCUT2D eigenvalue weighted by atomic mass is 35.5. The number of pyridine rings is 1. The molecule has 7 nitrogen and oxygen atoms in total. The molecule has 0 radical (unpaired) electrons. The Hall–Kier alpha value is -3.62. The number of sulfonamides is 1. The number of nitrogens with zero attached hydrogens (tertiary/aromatic N) is 1. The maximum atomic E-state index is 12.7. The average molecular weight is 454 g/mol. The molecule has 0 saturated heterocycles. The Kier molecular flexibility index (Phi) is 5.50. The van der Waals surface area contributed by atoms with E-state index in [1.54, 1.807) is 36.4 Å². The van der Waals surface area contributed by atoms with Gasteiger partial charge in [-0.25, -0.2) is 13.4 Å². The SMILES string of the molecule is O=C(Nc1cc(S(=O)(=O)Nc2cccc(Cl)c2)ccc1O)c1ccc2ccccc2n1. The van der Waals surface area contributed by atoms with E-state index in [1.807, 2.05) is 18.2 Å². The third kappa shape index (κ3) is 4.60. The van der Waals surface area contributed by atoms with Gasteiger partial charge in [0.25, 0.3) is 15.9 Å². The predicted octanol–water partition coefficient (Wildman–Crippen LogP) is 4.65. The lowest BCUT2D eigenvalue weighted by molar-refractivity contribution is 0.102. The molecule has 4 rings (SSSR count). The summed E-state index contributed by atoms with van der Waals surface area (Å²) in [5.74, 6) is -0.866. The van der Waals surface area contributed by atoms with E-state index in [9.17, 15) is 18.3 Å². The van der Waals surface area contributed by atoms with E-state index in [4.69, 9.17) is 11.6 Å². The van der Waals surface area contributed by atoms with Gasteiger partial charge in [-0.1, -0.05) is 41.9 Å². The molecule has 0 saturated carbocycles. The number of halogens is 1. The third-order valence-electron chi connectivity index (χ3n) is 4.43. The minimum Gasteiger partial charge on any atom is -0.506 e. The maximum Gasteiger partial charge on any atom is 0.274 e. The highest BCUT2D eigenvalue weighted by Gasteiger charge is 2.18. The molecular weight excluding hydrogens is 438 g/mol. The summed E-state index contributed by atoms with van der Waals surface area (Å²) in [6.07, 6.45) is 0. The Labute approximate surface area is 183 Å². The molecule has 3 aromatic carbocycles. The summed E-state index contributed by atoms with van der Waals surface area (Å²) in [6.45, 7) is 0. The number of phenols is 1. The highest BCUT2D eigenvalue weighted by molar-refractivity contribution is 7.92. The zero-order valence-electron chi connectivity index (χ0n) is 15.9. The molecule has 0 bridgehead atoms. The smallest absolute Gasteiger partial charge is 0.274 e. The fourth-order valence-corrected chi connectivity index (χ4v) is 4.19.